The first-order valence-corrected chi connectivity index (χ1v) is 6.72. The van der Waals surface area contributed by atoms with Gasteiger partial charge in [0.1, 0.15) is 17.6 Å². The molecule has 110 valence electrons. The summed E-state index contributed by atoms with van der Waals surface area (Å²) in [5.41, 5.74) is -0.247. The van der Waals surface area contributed by atoms with Crippen molar-refractivity contribution in [1.82, 2.24) is 10.3 Å². The van der Waals surface area contributed by atoms with Crippen molar-refractivity contribution >= 4 is 17.4 Å². The van der Waals surface area contributed by atoms with Gasteiger partial charge in [0.15, 0.2) is 0 Å². The lowest BCUT2D eigenvalue weighted by molar-refractivity contribution is -0.385. The number of pyridine rings is 1. The molecule has 7 nitrogen and oxygen atoms in total. The summed E-state index contributed by atoms with van der Waals surface area (Å²) >= 11 is 0. The lowest BCUT2D eigenvalue weighted by Gasteiger charge is -2.15. The summed E-state index contributed by atoms with van der Waals surface area (Å²) in [4.78, 5) is 26.5. The van der Waals surface area contributed by atoms with Gasteiger partial charge in [0.2, 0.25) is 0 Å². The van der Waals surface area contributed by atoms with Crippen LogP contribution in [-0.4, -0.2) is 28.4 Å². The highest BCUT2D eigenvalue weighted by Crippen LogP contribution is 2.20. The molecule has 0 aliphatic carbocycles. The van der Waals surface area contributed by atoms with Crippen LogP contribution < -0.4 is 10.6 Å². The summed E-state index contributed by atoms with van der Waals surface area (Å²) in [6.45, 7) is 6.42. The predicted octanol–water partition coefficient (Wildman–Crippen LogP) is 2.34. The number of carbonyl (C=O) groups excluding carboxylic acids is 1. The van der Waals surface area contributed by atoms with Gasteiger partial charge in [0.05, 0.1) is 4.92 Å². The van der Waals surface area contributed by atoms with Crippen LogP contribution in [0.1, 0.15) is 44.0 Å². The molecule has 1 aromatic rings. The summed E-state index contributed by atoms with van der Waals surface area (Å²) in [7, 11) is 0. The molecular weight excluding hydrogens is 260 g/mol. The quantitative estimate of drug-likeness (QED) is 0.590. The minimum atomic E-state index is -0.593. The van der Waals surface area contributed by atoms with E-state index in [0.717, 1.165) is 19.0 Å². The van der Waals surface area contributed by atoms with Crippen molar-refractivity contribution in [2.24, 2.45) is 0 Å². The zero-order valence-electron chi connectivity index (χ0n) is 12.0. The van der Waals surface area contributed by atoms with Crippen LogP contribution >= 0.6 is 0 Å². The first-order valence-electron chi connectivity index (χ1n) is 6.72. The van der Waals surface area contributed by atoms with Crippen molar-refractivity contribution in [3.05, 3.63) is 27.9 Å². The second-order valence-electron chi connectivity index (χ2n) is 4.36. The second kappa shape index (κ2) is 7.42. The Hall–Kier alpha value is -2.18. The molecule has 2 N–H and O–H groups in total. The summed E-state index contributed by atoms with van der Waals surface area (Å²) < 4.78 is 0. The zero-order chi connectivity index (χ0) is 15.1. The molecule has 0 aliphatic heterocycles. The molecule has 0 bridgehead atoms. The number of carbonyl (C=O) groups is 1. The molecule has 1 aromatic heterocycles. The lowest BCUT2D eigenvalue weighted by Crippen LogP contribution is -2.34. The second-order valence-corrected chi connectivity index (χ2v) is 4.36. The van der Waals surface area contributed by atoms with Gasteiger partial charge in [-0.2, -0.15) is 0 Å². The van der Waals surface area contributed by atoms with E-state index in [1.807, 2.05) is 20.8 Å². The van der Waals surface area contributed by atoms with E-state index in [1.165, 1.54) is 6.07 Å². The number of anilines is 1. The monoisotopic (exact) mass is 280 g/mol. The average molecular weight is 280 g/mol. The van der Waals surface area contributed by atoms with Crippen LogP contribution in [0.25, 0.3) is 0 Å². The molecule has 0 saturated carbocycles. The largest absolute Gasteiger partial charge is 0.370 e. The molecule has 0 fully saturated rings. The molecule has 0 unspecified atom stereocenters. The van der Waals surface area contributed by atoms with Crippen molar-refractivity contribution in [2.75, 3.05) is 11.9 Å². The van der Waals surface area contributed by atoms with Crippen molar-refractivity contribution in [2.45, 2.75) is 39.7 Å². The average Bonchev–Trinajstić information content (AvgIpc) is 2.44. The van der Waals surface area contributed by atoms with Gasteiger partial charge in [-0.3, -0.25) is 14.9 Å². The van der Waals surface area contributed by atoms with Crippen LogP contribution in [0.4, 0.5) is 11.5 Å². The van der Waals surface area contributed by atoms with Gasteiger partial charge >= 0.3 is 0 Å². The maximum atomic E-state index is 12.2. The zero-order valence-corrected chi connectivity index (χ0v) is 12.0. The third-order valence-corrected chi connectivity index (χ3v) is 3.00. The van der Waals surface area contributed by atoms with Crippen molar-refractivity contribution in [3.63, 3.8) is 0 Å². The molecule has 1 heterocycles. The van der Waals surface area contributed by atoms with Crippen LogP contribution in [0.3, 0.4) is 0 Å². The van der Waals surface area contributed by atoms with E-state index in [4.69, 9.17) is 0 Å². The molecular formula is C13H20N4O3. The maximum absolute atomic E-state index is 12.2. The molecule has 0 radical (unpaired) electrons. The Labute approximate surface area is 117 Å². The van der Waals surface area contributed by atoms with Gasteiger partial charge in [-0.05, 0) is 19.8 Å². The Morgan fingerprint density at radius 2 is 2.05 bits per heavy atom. The number of hydrogen-bond donors (Lipinski definition) is 2. The number of hydrogen-bond acceptors (Lipinski definition) is 5. The number of nitrogens with zero attached hydrogens (tertiary/aromatic N) is 2. The van der Waals surface area contributed by atoms with Gasteiger partial charge in [0, 0.05) is 18.7 Å². The number of amides is 1. The minimum absolute atomic E-state index is 0.0119. The molecule has 0 aromatic carbocycles. The third-order valence-electron chi connectivity index (χ3n) is 3.00. The molecule has 0 spiro atoms. The Balaban J connectivity index is 3.08. The number of rotatable bonds is 7. The van der Waals surface area contributed by atoms with E-state index in [2.05, 4.69) is 15.6 Å². The molecule has 1 amide bonds. The standard InChI is InChI=1S/C13H20N4O3/c1-4-9(5-2)16-13(18)10-7-12(14-6-3)15-8-11(10)17(19)20/h7-9H,4-6H2,1-3H3,(H,14,15)(H,16,18). The van der Waals surface area contributed by atoms with Gasteiger partial charge in [-0.15, -0.1) is 0 Å². The molecule has 0 atom stereocenters. The Bertz CT molecular complexity index is 487. The fraction of sp³-hybridized carbons (Fsp3) is 0.538. The minimum Gasteiger partial charge on any atom is -0.370 e. The highest BCUT2D eigenvalue weighted by Gasteiger charge is 2.22. The van der Waals surface area contributed by atoms with Gasteiger partial charge in [0.25, 0.3) is 11.6 Å². The van der Waals surface area contributed by atoms with E-state index in [0.29, 0.717) is 12.4 Å². The van der Waals surface area contributed by atoms with E-state index >= 15 is 0 Å². The van der Waals surface area contributed by atoms with E-state index in [1.54, 1.807) is 0 Å². The molecule has 0 saturated heterocycles. The van der Waals surface area contributed by atoms with Gasteiger partial charge < -0.3 is 10.6 Å². The van der Waals surface area contributed by atoms with E-state index < -0.39 is 10.8 Å². The summed E-state index contributed by atoms with van der Waals surface area (Å²) in [6, 6.07) is 1.43. The van der Waals surface area contributed by atoms with E-state index in [9.17, 15) is 14.9 Å². The molecule has 1 rings (SSSR count). The summed E-state index contributed by atoms with van der Waals surface area (Å²) in [5.74, 6) is 0.0137. The SMILES string of the molecule is CCNc1cc(C(=O)NC(CC)CC)c([N+](=O)[O-])cn1. The summed E-state index contributed by atoms with van der Waals surface area (Å²) in [5, 5.41) is 16.7. The highest BCUT2D eigenvalue weighted by molar-refractivity contribution is 5.98. The fourth-order valence-corrected chi connectivity index (χ4v) is 1.81. The highest BCUT2D eigenvalue weighted by atomic mass is 16.6. The molecule has 0 aliphatic rings. The normalized spacial score (nSPS) is 10.4. The van der Waals surface area contributed by atoms with Crippen molar-refractivity contribution in [1.29, 1.82) is 0 Å². The van der Waals surface area contributed by atoms with Crippen LogP contribution in [0.2, 0.25) is 0 Å². The smallest absolute Gasteiger partial charge is 0.300 e. The van der Waals surface area contributed by atoms with Crippen molar-refractivity contribution in [3.8, 4) is 0 Å². The lowest BCUT2D eigenvalue weighted by atomic mass is 10.1. The van der Waals surface area contributed by atoms with E-state index in [-0.39, 0.29) is 17.3 Å². The first kappa shape index (κ1) is 15.9. The number of nitrogens with one attached hydrogen (secondary N) is 2. The summed E-state index contributed by atoms with van der Waals surface area (Å²) in [6.07, 6.45) is 2.67. The number of nitro groups is 1. The Morgan fingerprint density at radius 1 is 1.40 bits per heavy atom. The number of aromatic nitrogens is 1. The fourth-order valence-electron chi connectivity index (χ4n) is 1.81. The van der Waals surface area contributed by atoms with Crippen LogP contribution in [-0.2, 0) is 0 Å². The van der Waals surface area contributed by atoms with Crippen molar-refractivity contribution < 1.29 is 9.72 Å². The van der Waals surface area contributed by atoms with Crippen LogP contribution in [0.5, 0.6) is 0 Å². The van der Waals surface area contributed by atoms with Gasteiger partial charge in [-0.25, -0.2) is 4.98 Å². The topological polar surface area (TPSA) is 97.2 Å². The van der Waals surface area contributed by atoms with Crippen LogP contribution in [0, 0.1) is 10.1 Å². The Morgan fingerprint density at radius 3 is 2.55 bits per heavy atom. The third kappa shape index (κ3) is 3.91. The maximum Gasteiger partial charge on any atom is 0.300 e. The molecule has 7 heteroatoms. The van der Waals surface area contributed by atoms with Crippen LogP contribution in [0.15, 0.2) is 12.3 Å². The predicted molar refractivity (Wildman–Crippen MR) is 76.9 cm³/mol. The first-order chi connectivity index (χ1) is 9.53. The Kier molecular flexibility index (Phi) is 5.89. The molecule has 20 heavy (non-hydrogen) atoms. The van der Waals surface area contributed by atoms with Gasteiger partial charge in [-0.1, -0.05) is 13.8 Å².